The van der Waals surface area contributed by atoms with Gasteiger partial charge in [-0.15, -0.1) is 0 Å². The second-order valence-corrected chi connectivity index (χ2v) is 11.4. The van der Waals surface area contributed by atoms with Crippen LogP contribution >= 0.6 is 23.2 Å². The summed E-state index contributed by atoms with van der Waals surface area (Å²) in [5.74, 6) is -1.51. The maximum absolute atomic E-state index is 15.3. The minimum Gasteiger partial charge on any atom is -0.507 e. The van der Waals surface area contributed by atoms with Crippen molar-refractivity contribution in [3.8, 4) is 22.6 Å². The first-order valence-corrected chi connectivity index (χ1v) is 13.9. The van der Waals surface area contributed by atoms with Crippen LogP contribution in [-0.4, -0.2) is 38.1 Å². The zero-order valence-electron chi connectivity index (χ0n) is 22.7. The van der Waals surface area contributed by atoms with Gasteiger partial charge in [-0.2, -0.15) is 0 Å². The van der Waals surface area contributed by atoms with Gasteiger partial charge in [0, 0.05) is 31.1 Å². The van der Waals surface area contributed by atoms with E-state index in [0.29, 0.717) is 29.8 Å². The van der Waals surface area contributed by atoms with Crippen molar-refractivity contribution in [3.63, 3.8) is 0 Å². The lowest BCUT2D eigenvalue weighted by atomic mass is 9.97. The Morgan fingerprint density at radius 3 is 2.46 bits per heavy atom. The van der Waals surface area contributed by atoms with E-state index < -0.39 is 16.9 Å². The number of para-hydroxylation sites is 1. The largest absolute Gasteiger partial charge is 0.507 e. The quantitative estimate of drug-likeness (QED) is 0.217. The molecule has 1 aliphatic heterocycles. The number of hydrogen-bond donors (Lipinski definition) is 1. The molecule has 0 unspecified atom stereocenters. The van der Waals surface area contributed by atoms with Crippen LogP contribution in [0.15, 0.2) is 64.7 Å². The van der Waals surface area contributed by atoms with Crippen molar-refractivity contribution in [1.29, 1.82) is 0 Å². The summed E-state index contributed by atoms with van der Waals surface area (Å²) < 4.78 is 18.0. The second kappa shape index (κ2) is 10.8. The highest BCUT2D eigenvalue weighted by Gasteiger charge is 2.31. The average molecular weight is 596 g/mol. The molecule has 1 aromatic heterocycles. The van der Waals surface area contributed by atoms with Crippen molar-refractivity contribution < 1.29 is 14.3 Å². The van der Waals surface area contributed by atoms with Crippen LogP contribution < -0.4 is 11.1 Å². The summed E-state index contributed by atoms with van der Waals surface area (Å²) in [4.78, 5) is 41.2. The molecule has 5 rings (SSSR count). The Hall–Kier alpha value is -3.88. The van der Waals surface area contributed by atoms with E-state index in [2.05, 4.69) is 6.58 Å². The SMILES string of the molecule is C=CC(=O)N1CC(Cn2c(=O)c(=O)n(-c3c(C)cccc3C(C)C)c3cc(-c4c(O)ccc(Cl)c4F)c(Cl)cc32)C1. The normalized spacial score (nSPS) is 13.6. The number of nitrogens with zero attached hydrogens (tertiary/aromatic N) is 3. The molecule has 2 heterocycles. The van der Waals surface area contributed by atoms with E-state index in [1.54, 1.807) is 4.90 Å². The standard InChI is InChI=1S/C31H28Cl2FN3O4/c1-5-26(39)35-13-18(14-35)15-36-23-12-22(33)20(27-25(38)10-9-21(32)28(27)34)11-24(23)37(31(41)30(36)40)29-17(4)7-6-8-19(29)16(2)3/h5-12,16,18,38H,1,13-15H2,2-4H3. The van der Waals surface area contributed by atoms with Crippen LogP contribution in [0.5, 0.6) is 5.75 Å². The Morgan fingerprint density at radius 1 is 1.10 bits per heavy atom. The van der Waals surface area contributed by atoms with Crippen molar-refractivity contribution in [2.75, 3.05) is 13.1 Å². The van der Waals surface area contributed by atoms with Crippen LogP contribution in [0, 0.1) is 18.7 Å². The van der Waals surface area contributed by atoms with E-state index in [1.807, 2.05) is 39.0 Å². The summed E-state index contributed by atoms with van der Waals surface area (Å²) in [6.45, 7) is 10.3. The summed E-state index contributed by atoms with van der Waals surface area (Å²) in [7, 11) is 0. The molecule has 0 spiro atoms. The van der Waals surface area contributed by atoms with Gasteiger partial charge in [-0.25, -0.2) is 4.39 Å². The fourth-order valence-electron chi connectivity index (χ4n) is 5.47. The van der Waals surface area contributed by atoms with Crippen molar-refractivity contribution >= 4 is 40.1 Å². The Bertz CT molecular complexity index is 1860. The molecule has 1 amide bonds. The van der Waals surface area contributed by atoms with Crippen molar-refractivity contribution in [1.82, 2.24) is 14.0 Å². The first kappa shape index (κ1) is 28.6. The van der Waals surface area contributed by atoms with Gasteiger partial charge < -0.3 is 14.6 Å². The van der Waals surface area contributed by atoms with Gasteiger partial charge >= 0.3 is 11.1 Å². The van der Waals surface area contributed by atoms with E-state index in [9.17, 15) is 19.5 Å². The molecule has 1 saturated heterocycles. The Balaban J connectivity index is 1.84. The van der Waals surface area contributed by atoms with Crippen LogP contribution in [0.1, 0.15) is 30.9 Å². The number of fused-ring (bicyclic) bond motifs is 1. The lowest BCUT2D eigenvalue weighted by Crippen LogP contribution is -2.52. The summed E-state index contributed by atoms with van der Waals surface area (Å²) in [6, 6.07) is 11.1. The zero-order chi connectivity index (χ0) is 29.7. The molecule has 1 aliphatic rings. The Labute approximate surface area is 245 Å². The van der Waals surface area contributed by atoms with E-state index in [1.165, 1.54) is 39.5 Å². The maximum atomic E-state index is 15.3. The third-order valence-corrected chi connectivity index (χ3v) is 8.17. The Morgan fingerprint density at radius 2 is 1.80 bits per heavy atom. The summed E-state index contributed by atoms with van der Waals surface area (Å²) >= 11 is 12.7. The average Bonchev–Trinajstić information content (AvgIpc) is 2.91. The molecule has 7 nitrogen and oxygen atoms in total. The molecule has 4 aromatic rings. The van der Waals surface area contributed by atoms with E-state index >= 15 is 4.39 Å². The molecule has 10 heteroatoms. The van der Waals surface area contributed by atoms with Gasteiger partial charge in [0.1, 0.15) is 5.75 Å². The predicted molar refractivity (Wildman–Crippen MR) is 160 cm³/mol. The lowest BCUT2D eigenvalue weighted by Gasteiger charge is -2.39. The number of likely N-dealkylation sites (tertiary alicyclic amines) is 1. The smallest absolute Gasteiger partial charge is 0.321 e. The van der Waals surface area contributed by atoms with E-state index in [0.717, 1.165) is 11.1 Å². The molecular formula is C31H28Cl2FN3O4. The number of carbonyl (C=O) groups excluding carboxylic acids is 1. The monoisotopic (exact) mass is 595 g/mol. The van der Waals surface area contributed by atoms with Gasteiger partial charge in [-0.05, 0) is 54.3 Å². The first-order valence-electron chi connectivity index (χ1n) is 13.1. The summed E-state index contributed by atoms with van der Waals surface area (Å²) in [5, 5.41) is 10.4. The number of rotatable bonds is 6. The topological polar surface area (TPSA) is 84.5 Å². The number of aromatic nitrogens is 2. The molecule has 1 fully saturated rings. The fourth-order valence-corrected chi connectivity index (χ4v) is 5.88. The van der Waals surface area contributed by atoms with Crippen LogP contribution in [0.2, 0.25) is 10.0 Å². The Kier molecular flexibility index (Phi) is 7.57. The van der Waals surface area contributed by atoms with Gasteiger partial charge in [-0.1, -0.05) is 61.8 Å². The van der Waals surface area contributed by atoms with Gasteiger partial charge in [0.25, 0.3) is 0 Å². The molecule has 0 aliphatic carbocycles. The van der Waals surface area contributed by atoms with Gasteiger partial charge in [0.05, 0.1) is 32.3 Å². The molecule has 41 heavy (non-hydrogen) atoms. The molecule has 0 saturated carbocycles. The number of carbonyl (C=O) groups is 1. The van der Waals surface area contributed by atoms with E-state index in [4.69, 9.17) is 23.2 Å². The third-order valence-electron chi connectivity index (χ3n) is 7.57. The summed E-state index contributed by atoms with van der Waals surface area (Å²) in [5.41, 5.74) is 1.20. The van der Waals surface area contributed by atoms with Crippen LogP contribution in [-0.2, 0) is 11.3 Å². The molecule has 212 valence electrons. The van der Waals surface area contributed by atoms with Crippen molar-refractivity contribution in [2.24, 2.45) is 5.92 Å². The fraction of sp³-hybridized carbons (Fsp3) is 0.258. The second-order valence-electron chi connectivity index (χ2n) is 10.6. The zero-order valence-corrected chi connectivity index (χ0v) is 24.3. The molecule has 0 bridgehead atoms. The molecule has 3 aromatic carbocycles. The number of phenols is 1. The number of amides is 1. The number of hydrogen-bond acceptors (Lipinski definition) is 4. The van der Waals surface area contributed by atoms with Crippen LogP contribution in [0.3, 0.4) is 0 Å². The van der Waals surface area contributed by atoms with E-state index in [-0.39, 0.29) is 51.2 Å². The highest BCUT2D eigenvalue weighted by molar-refractivity contribution is 6.34. The third kappa shape index (κ3) is 4.85. The molecule has 1 N–H and O–H groups in total. The minimum absolute atomic E-state index is 0.0128. The first-order chi connectivity index (χ1) is 19.4. The van der Waals surface area contributed by atoms with Gasteiger partial charge in [0.2, 0.25) is 5.91 Å². The summed E-state index contributed by atoms with van der Waals surface area (Å²) in [6.07, 6.45) is 1.24. The number of phenolic OH excluding ortho intramolecular Hbond substituents is 1. The van der Waals surface area contributed by atoms with Gasteiger partial charge in [0.15, 0.2) is 5.82 Å². The minimum atomic E-state index is -0.865. The molecular weight excluding hydrogens is 568 g/mol. The molecule has 0 radical (unpaired) electrons. The highest BCUT2D eigenvalue weighted by atomic mass is 35.5. The van der Waals surface area contributed by atoms with Crippen LogP contribution in [0.25, 0.3) is 27.8 Å². The number of halogens is 3. The molecule has 0 atom stereocenters. The predicted octanol–water partition coefficient (Wildman–Crippen LogP) is 6.05. The number of aromatic hydroxyl groups is 1. The lowest BCUT2D eigenvalue weighted by molar-refractivity contribution is -0.132. The number of benzene rings is 3. The van der Waals surface area contributed by atoms with Crippen molar-refractivity contribution in [2.45, 2.75) is 33.2 Å². The highest BCUT2D eigenvalue weighted by Crippen LogP contribution is 2.41. The maximum Gasteiger partial charge on any atom is 0.321 e. The number of aryl methyl sites for hydroxylation is 1. The van der Waals surface area contributed by atoms with Crippen molar-refractivity contribution in [3.05, 3.63) is 103 Å². The van der Waals surface area contributed by atoms with Gasteiger partial charge in [-0.3, -0.25) is 19.0 Å². The van der Waals surface area contributed by atoms with Crippen LogP contribution in [0.4, 0.5) is 4.39 Å².